The minimum Gasteiger partial charge on any atom is -0.377 e. The smallest absolute Gasteiger partial charge is 0.258 e. The van der Waals surface area contributed by atoms with Crippen molar-refractivity contribution in [2.24, 2.45) is 0 Å². The predicted molar refractivity (Wildman–Crippen MR) is 99.7 cm³/mol. The van der Waals surface area contributed by atoms with Crippen molar-refractivity contribution >= 4 is 21.6 Å². The van der Waals surface area contributed by atoms with Gasteiger partial charge in [0.2, 0.25) is 10.0 Å². The van der Waals surface area contributed by atoms with Crippen LogP contribution in [-0.2, 0) is 14.8 Å². The van der Waals surface area contributed by atoms with Gasteiger partial charge in [0.05, 0.1) is 16.6 Å². The van der Waals surface area contributed by atoms with Crippen molar-refractivity contribution in [3.8, 4) is 0 Å². The summed E-state index contributed by atoms with van der Waals surface area (Å²) in [6.07, 6.45) is 1.52. The number of nitrogens with one attached hydrogen (secondary N) is 2. The lowest BCUT2D eigenvalue weighted by Crippen LogP contribution is -2.32. The van der Waals surface area contributed by atoms with Crippen LogP contribution in [0.2, 0.25) is 0 Å². The normalized spacial score (nSPS) is 17.0. The molecule has 0 aliphatic carbocycles. The maximum absolute atomic E-state index is 14.1. The third kappa shape index (κ3) is 4.91. The van der Waals surface area contributed by atoms with Gasteiger partial charge in [0.1, 0.15) is 5.82 Å². The quantitative estimate of drug-likeness (QED) is 0.792. The number of ether oxygens (including phenoxy) is 1. The molecular formula is C19H21FN2O4S. The van der Waals surface area contributed by atoms with E-state index in [2.05, 4.69) is 10.0 Å². The van der Waals surface area contributed by atoms with Crippen LogP contribution >= 0.6 is 0 Å². The molecule has 1 amide bonds. The molecule has 0 saturated carbocycles. The van der Waals surface area contributed by atoms with Crippen LogP contribution in [0.5, 0.6) is 0 Å². The van der Waals surface area contributed by atoms with Crippen LogP contribution in [0, 0.1) is 12.7 Å². The first-order chi connectivity index (χ1) is 12.8. The largest absolute Gasteiger partial charge is 0.377 e. The summed E-state index contributed by atoms with van der Waals surface area (Å²) >= 11 is 0. The van der Waals surface area contributed by atoms with E-state index >= 15 is 0 Å². The van der Waals surface area contributed by atoms with Crippen LogP contribution in [0.3, 0.4) is 0 Å². The molecule has 144 valence electrons. The van der Waals surface area contributed by atoms with E-state index in [1.807, 2.05) is 19.1 Å². The number of benzene rings is 2. The number of hydrogen-bond donors (Lipinski definition) is 2. The number of hydrogen-bond acceptors (Lipinski definition) is 4. The van der Waals surface area contributed by atoms with Gasteiger partial charge in [-0.25, -0.2) is 17.5 Å². The molecule has 2 aromatic carbocycles. The third-order valence-electron chi connectivity index (χ3n) is 4.33. The van der Waals surface area contributed by atoms with E-state index < -0.39 is 21.7 Å². The molecule has 1 aliphatic heterocycles. The Balaban J connectivity index is 1.76. The molecule has 1 heterocycles. The molecule has 1 atom stereocenters. The Kier molecular flexibility index (Phi) is 5.88. The zero-order valence-electron chi connectivity index (χ0n) is 14.9. The summed E-state index contributed by atoms with van der Waals surface area (Å²) in [4.78, 5) is 12.2. The molecule has 0 unspecified atom stereocenters. The van der Waals surface area contributed by atoms with Crippen LogP contribution in [0.25, 0.3) is 0 Å². The van der Waals surface area contributed by atoms with Gasteiger partial charge in [-0.15, -0.1) is 0 Å². The fourth-order valence-corrected chi connectivity index (χ4v) is 3.86. The Bertz CT molecular complexity index is 923. The molecule has 1 saturated heterocycles. The molecule has 2 aromatic rings. The molecule has 0 bridgehead atoms. The second-order valence-corrected chi connectivity index (χ2v) is 8.22. The lowest BCUT2D eigenvalue weighted by molar-refractivity contribution is 0.102. The first-order valence-corrected chi connectivity index (χ1v) is 10.1. The Morgan fingerprint density at radius 1 is 1.22 bits per heavy atom. The van der Waals surface area contributed by atoms with Crippen LogP contribution in [0.15, 0.2) is 47.4 Å². The monoisotopic (exact) mass is 392 g/mol. The third-order valence-corrected chi connectivity index (χ3v) is 5.75. The summed E-state index contributed by atoms with van der Waals surface area (Å²) in [7, 11) is -3.88. The molecule has 1 aliphatic rings. The van der Waals surface area contributed by atoms with Gasteiger partial charge in [0.25, 0.3) is 5.91 Å². The zero-order valence-corrected chi connectivity index (χ0v) is 15.7. The molecule has 2 N–H and O–H groups in total. The summed E-state index contributed by atoms with van der Waals surface area (Å²) in [5.41, 5.74) is 1.18. The standard InChI is InChI=1S/C19H21FN2O4S/c1-13-4-6-14(7-5-13)22-19(23)17-11-16(8-9-18(17)20)27(24,25)21-12-15-3-2-10-26-15/h4-9,11,15,21H,2-3,10,12H2,1H3,(H,22,23)/t15-/m1/s1. The van der Waals surface area contributed by atoms with E-state index in [1.165, 1.54) is 0 Å². The number of aryl methyl sites for hydroxylation is 1. The second-order valence-electron chi connectivity index (χ2n) is 6.45. The molecule has 27 heavy (non-hydrogen) atoms. The molecule has 0 aromatic heterocycles. The number of carbonyl (C=O) groups is 1. The van der Waals surface area contributed by atoms with Crippen LogP contribution < -0.4 is 10.0 Å². The maximum Gasteiger partial charge on any atom is 0.258 e. The van der Waals surface area contributed by atoms with Crippen molar-refractivity contribution in [1.29, 1.82) is 0 Å². The fourth-order valence-electron chi connectivity index (χ4n) is 2.77. The van der Waals surface area contributed by atoms with E-state index in [4.69, 9.17) is 4.74 Å². The fraction of sp³-hybridized carbons (Fsp3) is 0.316. The van der Waals surface area contributed by atoms with Gasteiger partial charge < -0.3 is 10.1 Å². The van der Waals surface area contributed by atoms with Gasteiger partial charge >= 0.3 is 0 Å². The van der Waals surface area contributed by atoms with Gasteiger partial charge in [-0.1, -0.05) is 17.7 Å². The van der Waals surface area contributed by atoms with Crippen LogP contribution in [0.4, 0.5) is 10.1 Å². The summed E-state index contributed by atoms with van der Waals surface area (Å²) in [6, 6.07) is 10.1. The second kappa shape index (κ2) is 8.16. The highest BCUT2D eigenvalue weighted by molar-refractivity contribution is 7.89. The first kappa shape index (κ1) is 19.5. The maximum atomic E-state index is 14.1. The van der Waals surface area contributed by atoms with Gasteiger partial charge in [-0.2, -0.15) is 0 Å². The Morgan fingerprint density at radius 3 is 2.63 bits per heavy atom. The van der Waals surface area contributed by atoms with E-state index in [9.17, 15) is 17.6 Å². The summed E-state index contributed by atoms with van der Waals surface area (Å²) in [5, 5.41) is 2.57. The molecule has 0 spiro atoms. The van der Waals surface area contributed by atoms with Gasteiger partial charge in [-0.3, -0.25) is 4.79 Å². The van der Waals surface area contributed by atoms with Crippen molar-refractivity contribution in [3.05, 3.63) is 59.4 Å². The topological polar surface area (TPSA) is 84.5 Å². The molecule has 1 fully saturated rings. The van der Waals surface area contributed by atoms with E-state index in [1.54, 1.807) is 12.1 Å². The van der Waals surface area contributed by atoms with E-state index in [0.717, 1.165) is 36.6 Å². The lowest BCUT2D eigenvalue weighted by atomic mass is 10.2. The average Bonchev–Trinajstić information content (AvgIpc) is 3.16. The van der Waals surface area contributed by atoms with Crippen molar-refractivity contribution in [2.45, 2.75) is 30.8 Å². The minimum absolute atomic E-state index is 0.143. The number of sulfonamides is 1. The SMILES string of the molecule is Cc1ccc(NC(=O)c2cc(S(=O)(=O)NC[C@H]3CCCO3)ccc2F)cc1. The first-order valence-electron chi connectivity index (χ1n) is 8.64. The molecule has 6 nitrogen and oxygen atoms in total. The number of rotatable bonds is 6. The number of halogens is 1. The predicted octanol–water partition coefficient (Wildman–Crippen LogP) is 2.84. The van der Waals surface area contributed by atoms with Gasteiger partial charge in [-0.05, 0) is 50.1 Å². The minimum atomic E-state index is -3.88. The van der Waals surface area contributed by atoms with Crippen LogP contribution in [0.1, 0.15) is 28.8 Å². The highest BCUT2D eigenvalue weighted by atomic mass is 32.2. The highest BCUT2D eigenvalue weighted by Gasteiger charge is 2.22. The summed E-state index contributed by atoms with van der Waals surface area (Å²) < 4.78 is 46.9. The molecule has 8 heteroatoms. The van der Waals surface area contributed by atoms with E-state index in [0.29, 0.717) is 12.3 Å². The van der Waals surface area contributed by atoms with Crippen molar-refractivity contribution in [2.75, 3.05) is 18.5 Å². The molecular weight excluding hydrogens is 371 g/mol. The van der Waals surface area contributed by atoms with Gasteiger partial charge in [0.15, 0.2) is 0 Å². The lowest BCUT2D eigenvalue weighted by Gasteiger charge is -2.12. The Morgan fingerprint density at radius 2 is 1.96 bits per heavy atom. The van der Waals surface area contributed by atoms with E-state index in [-0.39, 0.29) is 23.1 Å². The van der Waals surface area contributed by atoms with Gasteiger partial charge in [0, 0.05) is 18.8 Å². The van der Waals surface area contributed by atoms with Crippen molar-refractivity contribution in [3.63, 3.8) is 0 Å². The van der Waals surface area contributed by atoms with Crippen LogP contribution in [-0.4, -0.2) is 33.6 Å². The summed E-state index contributed by atoms with van der Waals surface area (Å²) in [6.45, 7) is 2.67. The van der Waals surface area contributed by atoms with Crippen molar-refractivity contribution < 1.29 is 22.3 Å². The number of anilines is 1. The number of carbonyl (C=O) groups excluding carboxylic acids is 1. The zero-order chi connectivity index (χ0) is 19.4. The molecule has 3 rings (SSSR count). The number of amides is 1. The average molecular weight is 392 g/mol. The Hall–Kier alpha value is -2.29. The molecule has 0 radical (unpaired) electrons. The Labute approximate surface area is 157 Å². The van der Waals surface area contributed by atoms with Crippen molar-refractivity contribution in [1.82, 2.24) is 4.72 Å². The highest BCUT2D eigenvalue weighted by Crippen LogP contribution is 2.18. The summed E-state index contributed by atoms with van der Waals surface area (Å²) in [5.74, 6) is -1.51.